The van der Waals surface area contributed by atoms with Crippen molar-refractivity contribution in [3.05, 3.63) is 65.0 Å². The van der Waals surface area contributed by atoms with E-state index in [4.69, 9.17) is 0 Å². The number of halogens is 1. The monoisotopic (exact) mass is 397 g/mol. The molecule has 1 aliphatic heterocycles. The van der Waals surface area contributed by atoms with Gasteiger partial charge < -0.3 is 10.6 Å². The van der Waals surface area contributed by atoms with E-state index in [0.717, 1.165) is 25.2 Å². The van der Waals surface area contributed by atoms with Gasteiger partial charge in [0.15, 0.2) is 0 Å². The van der Waals surface area contributed by atoms with Crippen LogP contribution in [0, 0.1) is 5.82 Å². The molecule has 0 radical (unpaired) electrons. The normalized spacial score (nSPS) is 14.8. The van der Waals surface area contributed by atoms with Crippen LogP contribution in [-0.4, -0.2) is 29.8 Å². The zero-order chi connectivity index (χ0) is 20.6. The van der Waals surface area contributed by atoms with Crippen LogP contribution in [0.2, 0.25) is 0 Å². The molecule has 2 aromatic rings. The summed E-state index contributed by atoms with van der Waals surface area (Å²) in [6.45, 7) is 4.97. The Bertz CT molecular complexity index is 844. The van der Waals surface area contributed by atoms with E-state index in [-0.39, 0.29) is 17.5 Å². The molecule has 1 fully saturated rings. The molecule has 0 atom stereocenters. The van der Waals surface area contributed by atoms with E-state index in [1.165, 1.54) is 56.4 Å². The zero-order valence-corrected chi connectivity index (χ0v) is 16.8. The number of carbonyl (C=O) groups excluding carboxylic acids is 2. The van der Waals surface area contributed by atoms with Gasteiger partial charge in [0.1, 0.15) is 5.82 Å². The van der Waals surface area contributed by atoms with Crippen molar-refractivity contribution in [2.45, 2.75) is 45.7 Å². The first-order valence-electron chi connectivity index (χ1n) is 10.2. The molecule has 0 aromatic heterocycles. The highest BCUT2D eigenvalue weighted by Crippen LogP contribution is 2.17. The minimum absolute atomic E-state index is 0.00279. The average Bonchev–Trinajstić information content (AvgIpc) is 2.97. The van der Waals surface area contributed by atoms with Gasteiger partial charge >= 0.3 is 0 Å². The van der Waals surface area contributed by atoms with Gasteiger partial charge in [-0.1, -0.05) is 37.1 Å². The third-order valence-corrected chi connectivity index (χ3v) is 5.12. The van der Waals surface area contributed by atoms with Crippen LogP contribution in [0.4, 0.5) is 10.1 Å². The van der Waals surface area contributed by atoms with E-state index in [2.05, 4.69) is 27.7 Å². The molecule has 154 valence electrons. The van der Waals surface area contributed by atoms with Gasteiger partial charge in [0.2, 0.25) is 5.91 Å². The SMILES string of the molecule is CC(=O)Nc1cc(C(=O)NCc2ccc(CN3CCCCCC3)cc2)ccc1F. The summed E-state index contributed by atoms with van der Waals surface area (Å²) in [6, 6.07) is 12.2. The molecule has 6 heteroatoms. The minimum atomic E-state index is -0.572. The fourth-order valence-electron chi connectivity index (χ4n) is 3.55. The van der Waals surface area contributed by atoms with Crippen LogP contribution in [0.15, 0.2) is 42.5 Å². The molecule has 5 nitrogen and oxygen atoms in total. The Balaban J connectivity index is 1.54. The van der Waals surface area contributed by atoms with Gasteiger partial charge in [-0.15, -0.1) is 0 Å². The lowest BCUT2D eigenvalue weighted by Crippen LogP contribution is -2.24. The standard InChI is InChI=1S/C23H28FN3O2/c1-17(28)26-22-14-20(10-11-21(22)24)23(29)25-15-18-6-8-19(9-7-18)16-27-12-4-2-3-5-13-27/h6-11,14H,2-5,12-13,15-16H2,1H3,(H,25,29)(H,26,28). The molecule has 0 bridgehead atoms. The lowest BCUT2D eigenvalue weighted by molar-refractivity contribution is -0.114. The molecule has 2 amide bonds. The van der Waals surface area contributed by atoms with Gasteiger partial charge in [-0.25, -0.2) is 4.39 Å². The third kappa shape index (κ3) is 6.39. The first-order valence-corrected chi connectivity index (χ1v) is 10.2. The third-order valence-electron chi connectivity index (χ3n) is 5.12. The number of hydrogen-bond acceptors (Lipinski definition) is 3. The number of likely N-dealkylation sites (tertiary alicyclic amines) is 1. The maximum atomic E-state index is 13.7. The summed E-state index contributed by atoms with van der Waals surface area (Å²) < 4.78 is 13.7. The molecule has 1 aliphatic rings. The number of benzene rings is 2. The van der Waals surface area contributed by atoms with Crippen LogP contribution in [0.25, 0.3) is 0 Å². The Kier molecular flexibility index (Phi) is 7.36. The van der Waals surface area contributed by atoms with E-state index in [9.17, 15) is 14.0 Å². The fraction of sp³-hybridized carbons (Fsp3) is 0.391. The summed E-state index contributed by atoms with van der Waals surface area (Å²) in [6.07, 6.45) is 5.21. The van der Waals surface area contributed by atoms with Crippen molar-refractivity contribution >= 4 is 17.5 Å². The molecule has 29 heavy (non-hydrogen) atoms. The molecular formula is C23H28FN3O2. The Morgan fingerprint density at radius 1 is 0.966 bits per heavy atom. The quantitative estimate of drug-likeness (QED) is 0.772. The Morgan fingerprint density at radius 2 is 1.62 bits per heavy atom. The summed E-state index contributed by atoms with van der Waals surface area (Å²) >= 11 is 0. The lowest BCUT2D eigenvalue weighted by atomic mass is 10.1. The van der Waals surface area contributed by atoms with Gasteiger partial charge in [-0.05, 0) is 55.3 Å². The average molecular weight is 397 g/mol. The maximum Gasteiger partial charge on any atom is 0.251 e. The van der Waals surface area contributed by atoms with E-state index >= 15 is 0 Å². The Hall–Kier alpha value is -2.73. The Morgan fingerprint density at radius 3 is 2.28 bits per heavy atom. The van der Waals surface area contributed by atoms with Crippen LogP contribution in [0.5, 0.6) is 0 Å². The number of carbonyl (C=O) groups is 2. The van der Waals surface area contributed by atoms with Crippen molar-refractivity contribution in [3.8, 4) is 0 Å². The maximum absolute atomic E-state index is 13.7. The van der Waals surface area contributed by atoms with E-state index in [1.807, 2.05) is 12.1 Å². The molecule has 0 unspecified atom stereocenters. The minimum Gasteiger partial charge on any atom is -0.348 e. The van der Waals surface area contributed by atoms with Crippen molar-refractivity contribution in [2.75, 3.05) is 18.4 Å². The summed E-state index contributed by atoms with van der Waals surface area (Å²) in [5.41, 5.74) is 2.58. The van der Waals surface area contributed by atoms with Crippen molar-refractivity contribution in [2.24, 2.45) is 0 Å². The first-order chi connectivity index (χ1) is 14.0. The summed E-state index contributed by atoms with van der Waals surface area (Å²) in [7, 11) is 0. The number of rotatable bonds is 6. The number of nitrogens with one attached hydrogen (secondary N) is 2. The first kappa shape index (κ1) is 21.0. The number of amides is 2. The number of nitrogens with zero attached hydrogens (tertiary/aromatic N) is 1. The molecule has 0 saturated carbocycles. The topological polar surface area (TPSA) is 61.4 Å². The van der Waals surface area contributed by atoms with Crippen LogP contribution in [0.3, 0.4) is 0 Å². The molecule has 3 rings (SSSR count). The molecule has 0 aliphatic carbocycles. The number of hydrogen-bond donors (Lipinski definition) is 2. The van der Waals surface area contributed by atoms with Crippen molar-refractivity contribution < 1.29 is 14.0 Å². The highest BCUT2D eigenvalue weighted by atomic mass is 19.1. The second kappa shape index (κ2) is 10.2. The second-order valence-corrected chi connectivity index (χ2v) is 7.57. The summed E-state index contributed by atoms with van der Waals surface area (Å²) in [5.74, 6) is -1.27. The van der Waals surface area contributed by atoms with E-state index < -0.39 is 5.82 Å². The molecule has 1 heterocycles. The summed E-state index contributed by atoms with van der Waals surface area (Å²) in [5, 5.41) is 5.23. The van der Waals surface area contributed by atoms with Crippen molar-refractivity contribution in [1.29, 1.82) is 0 Å². The van der Waals surface area contributed by atoms with Gasteiger partial charge in [-0.2, -0.15) is 0 Å². The van der Waals surface area contributed by atoms with Gasteiger partial charge in [0, 0.05) is 25.6 Å². The fourth-order valence-corrected chi connectivity index (χ4v) is 3.55. The second-order valence-electron chi connectivity index (χ2n) is 7.57. The molecule has 1 saturated heterocycles. The molecular weight excluding hydrogens is 369 g/mol. The number of anilines is 1. The van der Waals surface area contributed by atoms with Crippen molar-refractivity contribution in [3.63, 3.8) is 0 Å². The predicted octanol–water partition coefficient (Wildman–Crippen LogP) is 4.09. The zero-order valence-electron chi connectivity index (χ0n) is 16.8. The Labute approximate surface area is 171 Å². The van der Waals surface area contributed by atoms with Crippen LogP contribution < -0.4 is 10.6 Å². The predicted molar refractivity (Wildman–Crippen MR) is 112 cm³/mol. The molecule has 0 spiro atoms. The van der Waals surface area contributed by atoms with Crippen LogP contribution in [-0.2, 0) is 17.9 Å². The van der Waals surface area contributed by atoms with Crippen molar-refractivity contribution in [1.82, 2.24) is 10.2 Å². The van der Waals surface area contributed by atoms with Gasteiger partial charge in [0.25, 0.3) is 5.91 Å². The summed E-state index contributed by atoms with van der Waals surface area (Å²) in [4.78, 5) is 26.0. The van der Waals surface area contributed by atoms with E-state index in [0.29, 0.717) is 12.1 Å². The largest absolute Gasteiger partial charge is 0.348 e. The lowest BCUT2D eigenvalue weighted by Gasteiger charge is -2.19. The van der Waals surface area contributed by atoms with Crippen LogP contribution >= 0.6 is 0 Å². The highest BCUT2D eigenvalue weighted by Gasteiger charge is 2.12. The molecule has 2 aromatic carbocycles. The van der Waals surface area contributed by atoms with Gasteiger partial charge in [-0.3, -0.25) is 14.5 Å². The highest BCUT2D eigenvalue weighted by molar-refractivity contribution is 5.96. The smallest absolute Gasteiger partial charge is 0.251 e. The molecule has 2 N–H and O–H groups in total. The van der Waals surface area contributed by atoms with E-state index in [1.54, 1.807) is 0 Å². The van der Waals surface area contributed by atoms with Crippen LogP contribution in [0.1, 0.15) is 54.1 Å². The van der Waals surface area contributed by atoms with Gasteiger partial charge in [0.05, 0.1) is 5.69 Å².